The first kappa shape index (κ1) is 17.1. The number of pyridine rings is 1. The SMILES string of the molecule is Cc1cc2c([N+](=O)[O-])cccc2c(NC(CCC(=O)O)C(=O)O)n1. The van der Waals surface area contributed by atoms with Gasteiger partial charge in [-0.15, -0.1) is 0 Å². The molecule has 0 aliphatic carbocycles. The molecule has 0 aliphatic heterocycles. The quantitative estimate of drug-likeness (QED) is 0.517. The van der Waals surface area contributed by atoms with Crippen LogP contribution in [0.2, 0.25) is 0 Å². The first-order chi connectivity index (χ1) is 11.3. The number of nitrogens with one attached hydrogen (secondary N) is 1. The Morgan fingerprint density at radius 1 is 1.33 bits per heavy atom. The van der Waals surface area contributed by atoms with Gasteiger partial charge in [0.25, 0.3) is 5.69 Å². The third kappa shape index (κ3) is 3.75. The summed E-state index contributed by atoms with van der Waals surface area (Å²) in [4.78, 5) is 36.8. The largest absolute Gasteiger partial charge is 0.481 e. The van der Waals surface area contributed by atoms with Crippen LogP contribution in [0.5, 0.6) is 0 Å². The minimum absolute atomic E-state index is 0.113. The predicted molar refractivity (Wildman–Crippen MR) is 85.1 cm³/mol. The number of anilines is 1. The van der Waals surface area contributed by atoms with Gasteiger partial charge >= 0.3 is 11.9 Å². The van der Waals surface area contributed by atoms with Gasteiger partial charge in [0.05, 0.1) is 10.3 Å². The molecule has 0 fully saturated rings. The Balaban J connectivity index is 2.47. The van der Waals surface area contributed by atoms with E-state index < -0.39 is 22.9 Å². The van der Waals surface area contributed by atoms with Gasteiger partial charge < -0.3 is 15.5 Å². The number of nitro groups is 1. The summed E-state index contributed by atoms with van der Waals surface area (Å²) >= 11 is 0. The Hall–Kier alpha value is -3.23. The molecule has 0 bridgehead atoms. The van der Waals surface area contributed by atoms with Gasteiger partial charge in [0.1, 0.15) is 11.9 Å². The highest BCUT2D eigenvalue weighted by molar-refractivity contribution is 5.99. The lowest BCUT2D eigenvalue weighted by Gasteiger charge is -2.16. The molecule has 0 saturated heterocycles. The molecule has 0 saturated carbocycles. The zero-order valence-corrected chi connectivity index (χ0v) is 12.7. The van der Waals surface area contributed by atoms with E-state index in [4.69, 9.17) is 5.11 Å². The van der Waals surface area contributed by atoms with E-state index in [9.17, 15) is 24.8 Å². The van der Waals surface area contributed by atoms with E-state index in [-0.39, 0.29) is 24.3 Å². The first-order valence-corrected chi connectivity index (χ1v) is 7.05. The fourth-order valence-electron chi connectivity index (χ4n) is 2.35. The van der Waals surface area contributed by atoms with Crippen molar-refractivity contribution in [2.45, 2.75) is 25.8 Å². The van der Waals surface area contributed by atoms with Crippen molar-refractivity contribution in [3.05, 3.63) is 40.1 Å². The Morgan fingerprint density at radius 3 is 2.62 bits per heavy atom. The van der Waals surface area contributed by atoms with Gasteiger partial charge in [-0.05, 0) is 19.4 Å². The number of benzene rings is 1. The van der Waals surface area contributed by atoms with Gasteiger partial charge in [-0.3, -0.25) is 14.9 Å². The van der Waals surface area contributed by atoms with Crippen molar-refractivity contribution in [3.63, 3.8) is 0 Å². The van der Waals surface area contributed by atoms with Crippen LogP contribution >= 0.6 is 0 Å². The molecule has 2 rings (SSSR count). The number of hydrogen-bond acceptors (Lipinski definition) is 6. The zero-order chi connectivity index (χ0) is 17.9. The second-order valence-corrected chi connectivity index (χ2v) is 5.21. The lowest BCUT2D eigenvalue weighted by molar-refractivity contribution is -0.383. The summed E-state index contributed by atoms with van der Waals surface area (Å²) in [7, 11) is 0. The maximum absolute atomic E-state index is 11.3. The summed E-state index contributed by atoms with van der Waals surface area (Å²) in [6.45, 7) is 1.63. The molecule has 9 nitrogen and oxygen atoms in total. The van der Waals surface area contributed by atoms with E-state index >= 15 is 0 Å². The average molecular weight is 333 g/mol. The average Bonchev–Trinajstić information content (AvgIpc) is 2.49. The van der Waals surface area contributed by atoms with E-state index in [0.717, 1.165) is 0 Å². The number of aromatic nitrogens is 1. The second-order valence-electron chi connectivity index (χ2n) is 5.21. The number of nitro benzene ring substituents is 1. The maximum atomic E-state index is 11.3. The second kappa shape index (κ2) is 6.90. The number of non-ortho nitro benzene ring substituents is 1. The molecule has 0 aliphatic rings. The molecule has 24 heavy (non-hydrogen) atoms. The van der Waals surface area contributed by atoms with Crippen LogP contribution in [-0.4, -0.2) is 38.1 Å². The molecule has 1 atom stereocenters. The molecule has 3 N–H and O–H groups in total. The molecule has 0 radical (unpaired) electrons. The van der Waals surface area contributed by atoms with E-state index in [0.29, 0.717) is 16.5 Å². The van der Waals surface area contributed by atoms with Crippen LogP contribution in [0, 0.1) is 17.0 Å². The standard InChI is InChI=1S/C15H15N3O6/c1-8-7-10-9(3-2-4-12(10)18(23)24)14(16-8)17-11(15(21)22)5-6-13(19)20/h2-4,7,11H,5-6H2,1H3,(H,16,17)(H,19,20)(H,21,22). The van der Waals surface area contributed by atoms with Crippen LogP contribution in [0.15, 0.2) is 24.3 Å². The van der Waals surface area contributed by atoms with Gasteiger partial charge in [-0.1, -0.05) is 12.1 Å². The van der Waals surface area contributed by atoms with Crippen molar-refractivity contribution in [1.29, 1.82) is 0 Å². The van der Waals surface area contributed by atoms with Crippen molar-refractivity contribution < 1.29 is 24.7 Å². The Labute approximate surface area is 136 Å². The zero-order valence-electron chi connectivity index (χ0n) is 12.7. The fourth-order valence-corrected chi connectivity index (χ4v) is 2.35. The number of nitrogens with zero attached hydrogens (tertiary/aromatic N) is 2. The van der Waals surface area contributed by atoms with Crippen LogP contribution < -0.4 is 5.32 Å². The molecule has 1 aromatic heterocycles. The normalized spacial score (nSPS) is 11.9. The van der Waals surface area contributed by atoms with Crippen molar-refractivity contribution in [2.75, 3.05) is 5.32 Å². The Kier molecular flexibility index (Phi) is 4.93. The van der Waals surface area contributed by atoms with Crippen molar-refractivity contribution in [1.82, 2.24) is 4.98 Å². The third-order valence-corrected chi connectivity index (χ3v) is 3.43. The van der Waals surface area contributed by atoms with Crippen LogP contribution in [0.3, 0.4) is 0 Å². The van der Waals surface area contributed by atoms with Crippen LogP contribution in [0.4, 0.5) is 11.5 Å². The van der Waals surface area contributed by atoms with Gasteiger partial charge in [0.2, 0.25) is 0 Å². The molecule has 1 aromatic carbocycles. The van der Waals surface area contributed by atoms with Crippen molar-refractivity contribution in [3.8, 4) is 0 Å². The molecule has 0 spiro atoms. The molecule has 126 valence electrons. The van der Waals surface area contributed by atoms with Crippen LogP contribution in [0.1, 0.15) is 18.5 Å². The van der Waals surface area contributed by atoms with Gasteiger partial charge in [0, 0.05) is 23.6 Å². The Bertz CT molecular complexity index is 820. The number of aryl methyl sites for hydroxylation is 1. The smallest absolute Gasteiger partial charge is 0.326 e. The van der Waals surface area contributed by atoms with E-state index in [1.807, 2.05) is 0 Å². The van der Waals surface area contributed by atoms with Crippen LogP contribution in [-0.2, 0) is 9.59 Å². The molecule has 2 aromatic rings. The van der Waals surface area contributed by atoms with Gasteiger partial charge in [-0.2, -0.15) is 0 Å². The number of fused-ring (bicyclic) bond motifs is 1. The fraction of sp³-hybridized carbons (Fsp3) is 0.267. The predicted octanol–water partition coefficient (Wildman–Crippen LogP) is 2.18. The highest BCUT2D eigenvalue weighted by Gasteiger charge is 2.22. The minimum Gasteiger partial charge on any atom is -0.481 e. The molecule has 1 heterocycles. The molecular weight excluding hydrogens is 318 g/mol. The highest BCUT2D eigenvalue weighted by atomic mass is 16.6. The molecular formula is C15H15N3O6. The lowest BCUT2D eigenvalue weighted by Crippen LogP contribution is -2.30. The number of hydrogen-bond donors (Lipinski definition) is 3. The number of carboxylic acid groups (broad SMARTS) is 2. The number of aliphatic carboxylic acids is 2. The summed E-state index contributed by atoms with van der Waals surface area (Å²) in [6, 6.07) is 4.80. The number of carbonyl (C=O) groups is 2. The van der Waals surface area contributed by atoms with E-state index in [2.05, 4.69) is 10.3 Å². The van der Waals surface area contributed by atoms with Crippen molar-refractivity contribution >= 4 is 34.2 Å². The number of rotatable bonds is 7. The van der Waals surface area contributed by atoms with E-state index in [1.165, 1.54) is 12.1 Å². The minimum atomic E-state index is -1.22. The van der Waals surface area contributed by atoms with Gasteiger partial charge in [0.15, 0.2) is 0 Å². The highest BCUT2D eigenvalue weighted by Crippen LogP contribution is 2.30. The van der Waals surface area contributed by atoms with Gasteiger partial charge in [-0.25, -0.2) is 9.78 Å². The third-order valence-electron chi connectivity index (χ3n) is 3.43. The summed E-state index contributed by atoms with van der Waals surface area (Å²) in [5.41, 5.74) is 0.361. The van der Waals surface area contributed by atoms with Crippen LogP contribution in [0.25, 0.3) is 10.8 Å². The first-order valence-electron chi connectivity index (χ1n) is 7.05. The molecule has 9 heteroatoms. The maximum Gasteiger partial charge on any atom is 0.326 e. The molecule has 0 amide bonds. The molecule has 1 unspecified atom stereocenters. The summed E-state index contributed by atoms with van der Waals surface area (Å²) in [5.74, 6) is -2.16. The summed E-state index contributed by atoms with van der Waals surface area (Å²) in [6.07, 6.45) is -0.468. The monoisotopic (exact) mass is 333 g/mol. The topological polar surface area (TPSA) is 143 Å². The van der Waals surface area contributed by atoms with E-state index in [1.54, 1.807) is 19.1 Å². The summed E-state index contributed by atoms with van der Waals surface area (Å²) in [5, 5.41) is 32.5. The van der Waals surface area contributed by atoms with Crippen molar-refractivity contribution in [2.24, 2.45) is 0 Å². The Morgan fingerprint density at radius 2 is 2.04 bits per heavy atom. The number of carboxylic acids is 2. The summed E-state index contributed by atoms with van der Waals surface area (Å²) < 4.78 is 0. The lowest BCUT2D eigenvalue weighted by atomic mass is 10.1.